The van der Waals surface area contributed by atoms with Crippen molar-refractivity contribution >= 4 is 17.7 Å². The van der Waals surface area contributed by atoms with Crippen LogP contribution in [-0.4, -0.2) is 66.0 Å². The lowest BCUT2D eigenvalue weighted by Crippen LogP contribution is -2.45. The molecule has 0 saturated carbocycles. The lowest BCUT2D eigenvalue weighted by molar-refractivity contribution is -0.131. The number of carbonyl (C=O) groups is 1. The van der Waals surface area contributed by atoms with E-state index in [1.54, 1.807) is 11.8 Å². The average molecular weight is 285 g/mol. The molecule has 1 unspecified atom stereocenters. The minimum absolute atomic E-state index is 0.161. The van der Waals surface area contributed by atoms with Gasteiger partial charge in [-0.3, -0.25) is 9.69 Å². The van der Waals surface area contributed by atoms with Gasteiger partial charge in [-0.1, -0.05) is 6.42 Å². The molecule has 2 atom stereocenters. The van der Waals surface area contributed by atoms with Crippen LogP contribution < -0.4 is 5.73 Å². The van der Waals surface area contributed by atoms with Crippen molar-refractivity contribution < 1.29 is 4.79 Å². The van der Waals surface area contributed by atoms with Gasteiger partial charge in [-0.15, -0.1) is 0 Å². The lowest BCUT2D eigenvalue weighted by Gasteiger charge is -2.32. The Morgan fingerprint density at radius 1 is 1.32 bits per heavy atom. The Kier molecular flexibility index (Phi) is 5.98. The molecule has 0 bridgehead atoms. The van der Waals surface area contributed by atoms with E-state index in [2.05, 4.69) is 11.2 Å². The lowest BCUT2D eigenvalue weighted by atomic mass is 10.1. The van der Waals surface area contributed by atoms with Crippen LogP contribution in [0.1, 0.15) is 32.1 Å². The minimum atomic E-state index is -0.299. The van der Waals surface area contributed by atoms with E-state index in [0.29, 0.717) is 6.04 Å². The number of carbonyl (C=O) groups excluding carboxylic acids is 1. The molecule has 19 heavy (non-hydrogen) atoms. The number of amides is 1. The Hall–Kier alpha value is -0.260. The molecule has 110 valence electrons. The molecule has 0 aromatic rings. The summed E-state index contributed by atoms with van der Waals surface area (Å²) in [6.07, 6.45) is 7.98. The van der Waals surface area contributed by atoms with Crippen LogP contribution in [0, 0.1) is 0 Å². The van der Waals surface area contributed by atoms with Crippen molar-refractivity contribution in [3.8, 4) is 0 Å². The minimum Gasteiger partial charge on any atom is -0.340 e. The Morgan fingerprint density at radius 2 is 2.05 bits per heavy atom. The molecule has 4 nitrogen and oxygen atoms in total. The molecule has 2 aliphatic rings. The number of nitrogens with two attached hydrogens (primary N) is 1. The van der Waals surface area contributed by atoms with Crippen LogP contribution in [0.2, 0.25) is 0 Å². The highest BCUT2D eigenvalue weighted by atomic mass is 32.2. The summed E-state index contributed by atoms with van der Waals surface area (Å²) >= 11 is 1.75. The smallest absolute Gasteiger partial charge is 0.239 e. The third-order valence-corrected chi connectivity index (χ3v) is 4.98. The third kappa shape index (κ3) is 4.10. The Balaban J connectivity index is 1.78. The molecule has 2 fully saturated rings. The number of hydrogen-bond acceptors (Lipinski definition) is 4. The summed E-state index contributed by atoms with van der Waals surface area (Å²) in [5, 5.41) is 0. The maximum atomic E-state index is 12.3. The molecule has 5 heteroatoms. The summed E-state index contributed by atoms with van der Waals surface area (Å²) < 4.78 is 0. The molecule has 2 rings (SSSR count). The number of rotatable bonds is 5. The molecule has 2 saturated heterocycles. The Morgan fingerprint density at radius 3 is 2.74 bits per heavy atom. The first-order valence-electron chi connectivity index (χ1n) is 7.49. The van der Waals surface area contributed by atoms with E-state index < -0.39 is 0 Å². The molecular weight excluding hydrogens is 258 g/mol. The number of nitrogens with zero attached hydrogens (tertiary/aromatic N) is 2. The van der Waals surface area contributed by atoms with Gasteiger partial charge >= 0.3 is 0 Å². The summed E-state index contributed by atoms with van der Waals surface area (Å²) in [6, 6.07) is 0.282. The first kappa shape index (κ1) is 15.1. The summed E-state index contributed by atoms with van der Waals surface area (Å²) in [4.78, 5) is 16.8. The van der Waals surface area contributed by atoms with Crippen molar-refractivity contribution in [2.75, 3.05) is 38.2 Å². The van der Waals surface area contributed by atoms with E-state index in [1.165, 1.54) is 32.4 Å². The number of likely N-dealkylation sites (tertiary alicyclic amines) is 2. The summed E-state index contributed by atoms with van der Waals surface area (Å²) in [5.41, 5.74) is 5.99. The first-order chi connectivity index (χ1) is 9.22. The third-order valence-electron chi connectivity index (χ3n) is 4.33. The predicted molar refractivity (Wildman–Crippen MR) is 81.4 cm³/mol. The fourth-order valence-electron chi connectivity index (χ4n) is 3.13. The maximum absolute atomic E-state index is 12.3. The van der Waals surface area contributed by atoms with Crippen molar-refractivity contribution in [2.24, 2.45) is 5.73 Å². The van der Waals surface area contributed by atoms with Crippen LogP contribution >= 0.6 is 11.8 Å². The molecule has 2 aliphatic heterocycles. The highest BCUT2D eigenvalue weighted by molar-refractivity contribution is 7.98. The number of hydrogen-bond donors (Lipinski definition) is 1. The van der Waals surface area contributed by atoms with Crippen molar-refractivity contribution in [2.45, 2.75) is 44.2 Å². The summed E-state index contributed by atoms with van der Waals surface area (Å²) in [7, 11) is 0. The molecule has 2 heterocycles. The van der Waals surface area contributed by atoms with Crippen LogP contribution in [0.25, 0.3) is 0 Å². The molecule has 0 spiro atoms. The van der Waals surface area contributed by atoms with Gasteiger partial charge in [0, 0.05) is 19.1 Å². The molecule has 0 aromatic carbocycles. The normalized spacial score (nSPS) is 26.6. The monoisotopic (exact) mass is 285 g/mol. The van der Waals surface area contributed by atoms with Crippen molar-refractivity contribution in [3.63, 3.8) is 0 Å². The quantitative estimate of drug-likeness (QED) is 0.823. The second-order valence-corrected chi connectivity index (χ2v) is 6.70. The predicted octanol–water partition coefficient (Wildman–Crippen LogP) is 1.15. The Bertz CT molecular complexity index is 294. The van der Waals surface area contributed by atoms with Gasteiger partial charge in [0.15, 0.2) is 0 Å². The average Bonchev–Trinajstić information content (AvgIpc) is 2.94. The van der Waals surface area contributed by atoms with E-state index in [0.717, 1.165) is 31.7 Å². The van der Waals surface area contributed by atoms with E-state index in [9.17, 15) is 4.79 Å². The van der Waals surface area contributed by atoms with Gasteiger partial charge < -0.3 is 10.6 Å². The molecule has 0 radical (unpaired) electrons. The van der Waals surface area contributed by atoms with Gasteiger partial charge in [0.2, 0.25) is 5.91 Å². The zero-order valence-electron chi connectivity index (χ0n) is 12.0. The molecular formula is C14H27N3OS. The van der Waals surface area contributed by atoms with E-state index >= 15 is 0 Å². The standard InChI is InChI=1S/C14H27N3OS/c1-19-10-6-13(15)14(18)17-9-5-12(11-17)16-7-3-2-4-8-16/h12-13H,2-11,15H2,1H3/t12?,13-/m1/s1. The Labute approximate surface area is 121 Å². The van der Waals surface area contributed by atoms with Crippen molar-refractivity contribution in [3.05, 3.63) is 0 Å². The van der Waals surface area contributed by atoms with Crippen molar-refractivity contribution in [1.29, 1.82) is 0 Å². The van der Waals surface area contributed by atoms with Crippen LogP contribution in [0.15, 0.2) is 0 Å². The zero-order valence-corrected chi connectivity index (χ0v) is 12.8. The van der Waals surface area contributed by atoms with Crippen molar-refractivity contribution in [1.82, 2.24) is 9.80 Å². The van der Waals surface area contributed by atoms with Crippen LogP contribution in [0.4, 0.5) is 0 Å². The fourth-order valence-corrected chi connectivity index (χ4v) is 3.62. The summed E-state index contributed by atoms with van der Waals surface area (Å²) in [5.74, 6) is 1.13. The van der Waals surface area contributed by atoms with Gasteiger partial charge in [-0.2, -0.15) is 11.8 Å². The maximum Gasteiger partial charge on any atom is 0.239 e. The first-order valence-corrected chi connectivity index (χ1v) is 8.89. The van der Waals surface area contributed by atoms with Gasteiger partial charge in [-0.25, -0.2) is 0 Å². The largest absolute Gasteiger partial charge is 0.340 e. The van der Waals surface area contributed by atoms with Gasteiger partial charge in [0.1, 0.15) is 0 Å². The second kappa shape index (κ2) is 7.50. The highest BCUT2D eigenvalue weighted by Crippen LogP contribution is 2.20. The van der Waals surface area contributed by atoms with Crippen LogP contribution in [0.3, 0.4) is 0 Å². The second-order valence-electron chi connectivity index (χ2n) is 5.71. The van der Waals surface area contributed by atoms with Crippen LogP contribution in [-0.2, 0) is 4.79 Å². The highest BCUT2D eigenvalue weighted by Gasteiger charge is 2.32. The number of piperidine rings is 1. The van der Waals surface area contributed by atoms with E-state index in [1.807, 2.05) is 4.90 Å². The van der Waals surface area contributed by atoms with Crippen LogP contribution in [0.5, 0.6) is 0 Å². The van der Waals surface area contributed by atoms with E-state index in [-0.39, 0.29) is 11.9 Å². The van der Waals surface area contributed by atoms with Gasteiger partial charge in [0.25, 0.3) is 0 Å². The van der Waals surface area contributed by atoms with Gasteiger partial charge in [-0.05, 0) is 50.8 Å². The number of thioether (sulfide) groups is 1. The topological polar surface area (TPSA) is 49.6 Å². The summed E-state index contributed by atoms with van der Waals surface area (Å²) in [6.45, 7) is 4.22. The molecule has 0 aromatic heterocycles. The zero-order chi connectivity index (χ0) is 13.7. The molecule has 0 aliphatic carbocycles. The van der Waals surface area contributed by atoms with E-state index in [4.69, 9.17) is 5.73 Å². The SMILES string of the molecule is CSCC[C@@H](N)C(=O)N1CCC(N2CCCCC2)C1. The molecule has 2 N–H and O–H groups in total. The van der Waals surface area contributed by atoms with Gasteiger partial charge in [0.05, 0.1) is 6.04 Å². The molecule has 1 amide bonds. The fraction of sp³-hybridized carbons (Fsp3) is 0.929.